The fourth-order valence-electron chi connectivity index (χ4n) is 2.95. The van der Waals surface area contributed by atoms with E-state index in [1.807, 2.05) is 25.2 Å². The Morgan fingerprint density at radius 1 is 1.30 bits per heavy atom. The molecular weight excluding hydrogens is 250 g/mol. The van der Waals surface area contributed by atoms with Crippen LogP contribution in [0.25, 0.3) is 0 Å². The van der Waals surface area contributed by atoms with Crippen LogP contribution in [0.15, 0.2) is 18.2 Å². The second-order valence-corrected chi connectivity index (χ2v) is 5.40. The third kappa shape index (κ3) is 3.05. The number of nitrogens with one attached hydrogen (secondary N) is 1. The molecule has 2 rings (SSSR count). The molecule has 0 aliphatic heterocycles. The minimum Gasteiger partial charge on any atom is -0.495 e. The summed E-state index contributed by atoms with van der Waals surface area (Å²) in [5.41, 5.74) is 1.71. The Labute approximate surface area is 121 Å². The topological polar surface area (TPSA) is 48.3 Å². The number of nitriles is 1. The van der Waals surface area contributed by atoms with E-state index in [2.05, 4.69) is 23.3 Å². The molecule has 0 spiro atoms. The highest BCUT2D eigenvalue weighted by atomic mass is 16.5. The van der Waals surface area contributed by atoms with Gasteiger partial charge < -0.3 is 15.0 Å². The van der Waals surface area contributed by atoms with Crippen LogP contribution < -0.4 is 15.0 Å². The van der Waals surface area contributed by atoms with Gasteiger partial charge in [-0.2, -0.15) is 5.26 Å². The summed E-state index contributed by atoms with van der Waals surface area (Å²) >= 11 is 0. The molecular formula is C16H23N3O. The first-order chi connectivity index (χ1) is 9.69. The Balaban J connectivity index is 2.10. The number of hydrogen-bond donors (Lipinski definition) is 1. The molecule has 4 nitrogen and oxygen atoms in total. The largest absolute Gasteiger partial charge is 0.495 e. The Bertz CT molecular complexity index is 487. The molecule has 108 valence electrons. The summed E-state index contributed by atoms with van der Waals surface area (Å²) in [4.78, 5) is 2.32. The molecule has 0 amide bonds. The van der Waals surface area contributed by atoms with Gasteiger partial charge in [0.2, 0.25) is 0 Å². The molecule has 1 aliphatic carbocycles. The zero-order chi connectivity index (χ0) is 14.5. The third-order valence-corrected chi connectivity index (χ3v) is 4.37. The average molecular weight is 273 g/mol. The quantitative estimate of drug-likeness (QED) is 0.916. The molecule has 1 N–H and O–H groups in total. The van der Waals surface area contributed by atoms with E-state index in [-0.39, 0.29) is 0 Å². The van der Waals surface area contributed by atoms with Crippen molar-refractivity contribution in [2.24, 2.45) is 0 Å². The zero-order valence-electron chi connectivity index (χ0n) is 12.5. The lowest BCUT2D eigenvalue weighted by molar-refractivity contribution is 0.351. The van der Waals surface area contributed by atoms with E-state index >= 15 is 0 Å². The van der Waals surface area contributed by atoms with E-state index in [0.717, 1.165) is 5.69 Å². The number of ether oxygens (including phenoxy) is 1. The first-order valence-corrected chi connectivity index (χ1v) is 7.17. The summed E-state index contributed by atoms with van der Waals surface area (Å²) in [5.74, 6) is 0.653. The van der Waals surface area contributed by atoms with E-state index in [4.69, 9.17) is 10.00 Å². The smallest absolute Gasteiger partial charge is 0.138 e. The van der Waals surface area contributed by atoms with Crippen molar-refractivity contribution in [3.05, 3.63) is 23.8 Å². The highest BCUT2D eigenvalue weighted by molar-refractivity contribution is 5.57. The van der Waals surface area contributed by atoms with Crippen LogP contribution >= 0.6 is 0 Å². The van der Waals surface area contributed by atoms with Gasteiger partial charge in [0.25, 0.3) is 0 Å². The normalized spacial score (nSPS) is 22.1. The van der Waals surface area contributed by atoms with Gasteiger partial charge in [0.05, 0.1) is 12.7 Å². The van der Waals surface area contributed by atoms with Gasteiger partial charge in [-0.1, -0.05) is 0 Å². The number of anilines is 1. The van der Waals surface area contributed by atoms with Crippen LogP contribution in [-0.2, 0) is 0 Å². The van der Waals surface area contributed by atoms with Gasteiger partial charge in [-0.25, -0.2) is 0 Å². The van der Waals surface area contributed by atoms with E-state index in [9.17, 15) is 0 Å². The number of benzene rings is 1. The molecule has 1 saturated carbocycles. The lowest BCUT2D eigenvalue weighted by Gasteiger charge is -2.36. The predicted molar refractivity (Wildman–Crippen MR) is 81.2 cm³/mol. The van der Waals surface area contributed by atoms with Crippen LogP contribution in [0, 0.1) is 11.3 Å². The number of nitrogens with zero attached hydrogens (tertiary/aromatic N) is 2. The SMILES string of the molecule is CNC1CCC(N(C)c2ccc(C#N)c(OC)c2)CC1. The summed E-state index contributed by atoms with van der Waals surface area (Å²) < 4.78 is 5.29. The molecule has 0 radical (unpaired) electrons. The van der Waals surface area contributed by atoms with Gasteiger partial charge in [0, 0.05) is 30.9 Å². The fourth-order valence-corrected chi connectivity index (χ4v) is 2.95. The Kier molecular flexibility index (Phi) is 4.86. The van der Waals surface area contributed by atoms with Crippen LogP contribution in [0.5, 0.6) is 5.75 Å². The molecule has 1 aliphatic rings. The predicted octanol–water partition coefficient (Wildman–Crippen LogP) is 2.53. The molecule has 0 heterocycles. The van der Waals surface area contributed by atoms with E-state index < -0.39 is 0 Å². The molecule has 0 unspecified atom stereocenters. The summed E-state index contributed by atoms with van der Waals surface area (Å²) in [6.07, 6.45) is 4.84. The Morgan fingerprint density at radius 2 is 2.00 bits per heavy atom. The molecule has 1 fully saturated rings. The molecule has 20 heavy (non-hydrogen) atoms. The fraction of sp³-hybridized carbons (Fsp3) is 0.562. The first-order valence-electron chi connectivity index (χ1n) is 7.17. The Hall–Kier alpha value is -1.73. The molecule has 1 aromatic rings. The van der Waals surface area contributed by atoms with Crippen molar-refractivity contribution in [1.82, 2.24) is 5.32 Å². The first kappa shape index (κ1) is 14.7. The van der Waals surface area contributed by atoms with Crippen molar-refractivity contribution in [2.45, 2.75) is 37.8 Å². The summed E-state index contributed by atoms with van der Waals surface area (Å²) in [5, 5.41) is 12.4. The molecule has 4 heteroatoms. The van der Waals surface area contributed by atoms with Crippen molar-refractivity contribution in [3.63, 3.8) is 0 Å². The minimum atomic E-state index is 0.567. The average Bonchev–Trinajstić information content (AvgIpc) is 2.53. The number of rotatable bonds is 4. The van der Waals surface area contributed by atoms with Gasteiger partial charge in [-0.3, -0.25) is 0 Å². The third-order valence-electron chi connectivity index (χ3n) is 4.37. The molecule has 0 saturated heterocycles. The number of methoxy groups -OCH3 is 1. The van der Waals surface area contributed by atoms with Crippen molar-refractivity contribution in [1.29, 1.82) is 5.26 Å². The maximum Gasteiger partial charge on any atom is 0.138 e. The van der Waals surface area contributed by atoms with Crippen LogP contribution in [0.4, 0.5) is 5.69 Å². The lowest BCUT2D eigenvalue weighted by atomic mass is 9.90. The molecule has 1 aromatic carbocycles. The van der Waals surface area contributed by atoms with Gasteiger partial charge in [0.1, 0.15) is 11.8 Å². The summed E-state index contributed by atoms with van der Waals surface area (Å²) in [6, 6.07) is 9.19. The molecule has 0 atom stereocenters. The van der Waals surface area contributed by atoms with Crippen molar-refractivity contribution >= 4 is 5.69 Å². The maximum absolute atomic E-state index is 9.03. The van der Waals surface area contributed by atoms with Crippen molar-refractivity contribution < 1.29 is 4.74 Å². The summed E-state index contributed by atoms with van der Waals surface area (Å²) in [7, 11) is 5.78. The van der Waals surface area contributed by atoms with Crippen molar-refractivity contribution in [2.75, 3.05) is 26.1 Å². The second kappa shape index (κ2) is 6.62. The monoisotopic (exact) mass is 273 g/mol. The van der Waals surface area contributed by atoms with Crippen LogP contribution in [-0.4, -0.2) is 33.3 Å². The standard InChI is InChI=1S/C16H23N3O/c1-18-13-5-8-14(9-6-13)19(2)15-7-4-12(11-17)16(10-15)20-3/h4,7,10,13-14,18H,5-6,8-9H2,1-3H3. The Morgan fingerprint density at radius 3 is 2.55 bits per heavy atom. The van der Waals surface area contributed by atoms with Gasteiger partial charge in [0.15, 0.2) is 0 Å². The summed E-state index contributed by atoms with van der Waals surface area (Å²) in [6.45, 7) is 0. The second-order valence-electron chi connectivity index (χ2n) is 5.40. The molecule has 0 aromatic heterocycles. The van der Waals surface area contributed by atoms with Crippen LogP contribution in [0.2, 0.25) is 0 Å². The van der Waals surface area contributed by atoms with Crippen LogP contribution in [0.3, 0.4) is 0 Å². The number of hydrogen-bond acceptors (Lipinski definition) is 4. The maximum atomic E-state index is 9.03. The van der Waals surface area contributed by atoms with E-state index in [1.54, 1.807) is 7.11 Å². The van der Waals surface area contributed by atoms with Gasteiger partial charge in [-0.05, 0) is 44.9 Å². The molecule has 0 bridgehead atoms. The highest BCUT2D eigenvalue weighted by Gasteiger charge is 2.23. The van der Waals surface area contributed by atoms with Gasteiger partial charge >= 0.3 is 0 Å². The van der Waals surface area contributed by atoms with Gasteiger partial charge in [-0.15, -0.1) is 0 Å². The van der Waals surface area contributed by atoms with E-state index in [1.165, 1.54) is 25.7 Å². The van der Waals surface area contributed by atoms with E-state index in [0.29, 0.717) is 23.4 Å². The highest BCUT2D eigenvalue weighted by Crippen LogP contribution is 2.30. The minimum absolute atomic E-state index is 0.567. The van der Waals surface area contributed by atoms with Crippen LogP contribution in [0.1, 0.15) is 31.2 Å². The zero-order valence-corrected chi connectivity index (χ0v) is 12.5. The lowest BCUT2D eigenvalue weighted by Crippen LogP contribution is -2.39. The van der Waals surface area contributed by atoms with Crippen molar-refractivity contribution in [3.8, 4) is 11.8 Å².